The highest BCUT2D eigenvalue weighted by Gasteiger charge is 2.55. The van der Waals surface area contributed by atoms with Gasteiger partial charge in [0.1, 0.15) is 17.1 Å². The second-order valence-electron chi connectivity index (χ2n) is 12.0. The molecule has 2 atom stereocenters. The van der Waals surface area contributed by atoms with Gasteiger partial charge in [-0.3, -0.25) is 9.59 Å². The Hall–Kier alpha value is -2.57. The fourth-order valence-corrected chi connectivity index (χ4v) is 5.91. The SMILES string of the molecule is COC(=O)C(C)C(c1ccc(CCC(=O)C2CC3(C2)CN(C(=O)OC(C)(C)C)C3)c(O)c1)C1CC1. The summed E-state index contributed by atoms with van der Waals surface area (Å²) < 4.78 is 10.4. The fourth-order valence-electron chi connectivity index (χ4n) is 5.91. The Kier molecular flexibility index (Phi) is 6.91. The number of amides is 1. The molecule has 1 spiro atoms. The largest absolute Gasteiger partial charge is 0.508 e. The number of aromatic hydroxyl groups is 1. The van der Waals surface area contributed by atoms with Gasteiger partial charge >= 0.3 is 12.1 Å². The molecule has 2 saturated carbocycles. The van der Waals surface area contributed by atoms with Crippen LogP contribution >= 0.6 is 0 Å². The third-order valence-corrected chi connectivity index (χ3v) is 7.89. The summed E-state index contributed by atoms with van der Waals surface area (Å²) in [4.78, 5) is 38.8. The molecule has 3 fully saturated rings. The van der Waals surface area contributed by atoms with Gasteiger partial charge in [-0.15, -0.1) is 0 Å². The predicted molar refractivity (Wildman–Crippen MR) is 131 cm³/mol. The van der Waals surface area contributed by atoms with Crippen molar-refractivity contribution in [3.8, 4) is 5.75 Å². The van der Waals surface area contributed by atoms with Gasteiger partial charge in [-0.2, -0.15) is 0 Å². The molecule has 3 aliphatic rings. The molecule has 1 N–H and O–H groups in total. The molecule has 0 radical (unpaired) electrons. The number of ether oxygens (including phenoxy) is 2. The van der Waals surface area contributed by atoms with Gasteiger partial charge in [-0.25, -0.2) is 4.79 Å². The first kappa shape index (κ1) is 25.5. The van der Waals surface area contributed by atoms with E-state index in [-0.39, 0.29) is 46.8 Å². The van der Waals surface area contributed by atoms with E-state index >= 15 is 0 Å². The van der Waals surface area contributed by atoms with Gasteiger partial charge in [0.15, 0.2) is 0 Å². The van der Waals surface area contributed by atoms with Crippen molar-refractivity contribution in [1.29, 1.82) is 0 Å². The fraction of sp³-hybridized carbons (Fsp3) is 0.679. The average Bonchev–Trinajstić information content (AvgIpc) is 3.54. The average molecular weight is 486 g/mol. The Morgan fingerprint density at radius 2 is 1.83 bits per heavy atom. The number of Topliss-reactive ketones (excluding diaryl/α,β-unsaturated/α-hetero) is 1. The lowest BCUT2D eigenvalue weighted by Gasteiger charge is -2.58. The minimum absolute atomic E-state index is 0.0392. The molecule has 2 unspecified atom stereocenters. The number of hydrogen-bond acceptors (Lipinski definition) is 6. The van der Waals surface area contributed by atoms with Crippen LogP contribution in [0.4, 0.5) is 4.79 Å². The summed E-state index contributed by atoms with van der Waals surface area (Å²) in [6.07, 6.45) is 4.44. The number of methoxy groups -OCH3 is 1. The summed E-state index contributed by atoms with van der Waals surface area (Å²) in [6, 6.07) is 5.64. The molecular weight excluding hydrogens is 446 g/mol. The molecular formula is C28H39NO6. The summed E-state index contributed by atoms with van der Waals surface area (Å²) in [6.45, 7) is 8.80. The van der Waals surface area contributed by atoms with Gasteiger partial charge in [0.2, 0.25) is 0 Å². The second kappa shape index (κ2) is 9.47. The molecule has 0 bridgehead atoms. The van der Waals surface area contributed by atoms with Crippen molar-refractivity contribution in [2.75, 3.05) is 20.2 Å². The van der Waals surface area contributed by atoms with E-state index in [1.54, 1.807) is 11.0 Å². The van der Waals surface area contributed by atoms with Gasteiger partial charge < -0.3 is 19.5 Å². The van der Waals surface area contributed by atoms with Crippen LogP contribution in [0.25, 0.3) is 0 Å². The van der Waals surface area contributed by atoms with Crippen LogP contribution in [0.2, 0.25) is 0 Å². The summed E-state index contributed by atoms with van der Waals surface area (Å²) in [7, 11) is 1.41. The number of likely N-dealkylation sites (tertiary alicyclic amines) is 1. The topological polar surface area (TPSA) is 93.1 Å². The lowest BCUT2D eigenvalue weighted by atomic mass is 9.56. The van der Waals surface area contributed by atoms with Crippen LogP contribution in [-0.2, 0) is 25.5 Å². The van der Waals surface area contributed by atoms with Crippen molar-refractivity contribution in [2.24, 2.45) is 23.2 Å². The zero-order chi connectivity index (χ0) is 25.5. The van der Waals surface area contributed by atoms with Crippen molar-refractivity contribution in [3.63, 3.8) is 0 Å². The first-order valence-corrected chi connectivity index (χ1v) is 12.8. The molecule has 1 saturated heterocycles. The Bertz CT molecular complexity index is 978. The number of carbonyl (C=O) groups excluding carboxylic acids is 3. The van der Waals surface area contributed by atoms with Crippen LogP contribution < -0.4 is 0 Å². The predicted octanol–water partition coefficient (Wildman–Crippen LogP) is 4.84. The quantitative estimate of drug-likeness (QED) is 0.530. The number of esters is 1. The maximum atomic E-state index is 12.8. The van der Waals surface area contributed by atoms with Crippen LogP contribution in [0.3, 0.4) is 0 Å². The smallest absolute Gasteiger partial charge is 0.410 e. The first-order chi connectivity index (χ1) is 16.4. The Labute approximate surface area is 208 Å². The third-order valence-electron chi connectivity index (χ3n) is 7.89. The Morgan fingerprint density at radius 1 is 1.17 bits per heavy atom. The van der Waals surface area contributed by atoms with Crippen LogP contribution in [0.15, 0.2) is 18.2 Å². The van der Waals surface area contributed by atoms with Gasteiger partial charge in [-0.1, -0.05) is 19.1 Å². The van der Waals surface area contributed by atoms with E-state index in [1.807, 2.05) is 39.8 Å². The minimum Gasteiger partial charge on any atom is -0.508 e. The maximum Gasteiger partial charge on any atom is 0.410 e. The number of carbonyl (C=O) groups is 3. The standard InChI is InChI=1S/C28H39NO6/c1-17(25(32)34-5)24(19-7-8-19)20-9-6-18(23(31)12-20)10-11-22(30)21-13-28(14-21)15-29(16-28)26(33)35-27(2,3)4/h6,9,12,17,19,21,24,31H,7-8,10-11,13-16H2,1-5H3. The Balaban J connectivity index is 1.26. The first-order valence-electron chi connectivity index (χ1n) is 12.8. The number of rotatable bonds is 8. The van der Waals surface area contributed by atoms with Crippen LogP contribution in [0.1, 0.15) is 76.8 Å². The molecule has 1 aromatic rings. The Morgan fingerprint density at radius 3 is 2.37 bits per heavy atom. The van der Waals surface area contributed by atoms with E-state index in [1.165, 1.54) is 7.11 Å². The van der Waals surface area contributed by atoms with Crippen LogP contribution in [0, 0.1) is 23.2 Å². The maximum absolute atomic E-state index is 12.8. The number of phenols is 1. The van der Waals surface area contributed by atoms with Crippen LogP contribution in [0.5, 0.6) is 5.75 Å². The molecule has 1 aliphatic heterocycles. The van der Waals surface area contributed by atoms with Gasteiger partial charge in [-0.05, 0) is 81.9 Å². The molecule has 35 heavy (non-hydrogen) atoms. The zero-order valence-corrected chi connectivity index (χ0v) is 21.6. The number of phenolic OH excluding ortho intramolecular Hbond substituents is 1. The normalized spacial score (nSPS) is 21.0. The lowest BCUT2D eigenvalue weighted by molar-refractivity contribution is -0.146. The summed E-state index contributed by atoms with van der Waals surface area (Å²) >= 11 is 0. The number of aryl methyl sites for hydroxylation is 1. The third kappa shape index (κ3) is 5.65. The summed E-state index contributed by atoms with van der Waals surface area (Å²) in [5, 5.41) is 10.7. The van der Waals surface area contributed by atoms with Gasteiger partial charge in [0, 0.05) is 30.8 Å². The molecule has 0 aromatic heterocycles. The molecule has 1 heterocycles. The number of benzene rings is 1. The second-order valence-corrected chi connectivity index (χ2v) is 12.0. The molecule has 1 aromatic carbocycles. The molecule has 7 nitrogen and oxygen atoms in total. The van der Waals surface area contributed by atoms with Gasteiger partial charge in [0.25, 0.3) is 0 Å². The van der Waals surface area contributed by atoms with E-state index in [9.17, 15) is 19.5 Å². The van der Waals surface area contributed by atoms with Crippen molar-refractivity contribution in [2.45, 2.75) is 77.7 Å². The van der Waals surface area contributed by atoms with Crippen molar-refractivity contribution >= 4 is 17.8 Å². The molecule has 192 valence electrons. The molecule has 1 amide bonds. The van der Waals surface area contributed by atoms with Crippen molar-refractivity contribution in [1.82, 2.24) is 4.90 Å². The highest BCUT2D eigenvalue weighted by molar-refractivity contribution is 5.83. The number of hydrogen-bond donors (Lipinski definition) is 1. The highest BCUT2D eigenvalue weighted by Crippen LogP contribution is 2.53. The van der Waals surface area contributed by atoms with Gasteiger partial charge in [0.05, 0.1) is 13.0 Å². The summed E-state index contributed by atoms with van der Waals surface area (Å²) in [5.41, 5.74) is 1.30. The summed E-state index contributed by atoms with van der Waals surface area (Å²) in [5.74, 6) is 0.452. The highest BCUT2D eigenvalue weighted by atomic mass is 16.6. The zero-order valence-electron chi connectivity index (χ0n) is 21.6. The van der Waals surface area contributed by atoms with Crippen LogP contribution in [-0.4, -0.2) is 53.7 Å². The van der Waals surface area contributed by atoms with E-state index in [0.29, 0.717) is 31.8 Å². The number of nitrogens with zero attached hydrogens (tertiary/aromatic N) is 1. The van der Waals surface area contributed by atoms with E-state index in [2.05, 4.69) is 0 Å². The van der Waals surface area contributed by atoms with Crippen molar-refractivity contribution < 1.29 is 29.0 Å². The molecule has 7 heteroatoms. The monoisotopic (exact) mass is 485 g/mol. The molecule has 2 aliphatic carbocycles. The van der Waals surface area contributed by atoms with E-state index < -0.39 is 5.60 Å². The molecule has 4 rings (SSSR count). The number of ketones is 1. The van der Waals surface area contributed by atoms with Crippen molar-refractivity contribution in [3.05, 3.63) is 29.3 Å². The van der Waals surface area contributed by atoms with E-state index in [4.69, 9.17) is 9.47 Å². The minimum atomic E-state index is -0.500. The van der Waals surface area contributed by atoms with E-state index in [0.717, 1.165) is 36.8 Å². The lowest BCUT2D eigenvalue weighted by Crippen LogP contribution is -2.65.